The minimum atomic E-state index is 0.207. The lowest BCUT2D eigenvalue weighted by Crippen LogP contribution is -2.17. The van der Waals surface area contributed by atoms with Crippen molar-refractivity contribution in [3.63, 3.8) is 0 Å². The van der Waals surface area contributed by atoms with E-state index in [9.17, 15) is 0 Å². The highest BCUT2D eigenvalue weighted by molar-refractivity contribution is 7.12. The highest BCUT2D eigenvalue weighted by Crippen LogP contribution is 2.31. The first-order valence-corrected chi connectivity index (χ1v) is 7.74. The molecule has 20 heavy (non-hydrogen) atoms. The van der Waals surface area contributed by atoms with Crippen LogP contribution in [0.15, 0.2) is 48.7 Å². The van der Waals surface area contributed by atoms with Crippen molar-refractivity contribution in [1.29, 1.82) is 0 Å². The Hall–Kier alpha value is -1.71. The Bertz CT molecular complexity index is 712. The minimum absolute atomic E-state index is 0.207. The Kier molecular flexibility index (Phi) is 3.81. The Balaban J connectivity index is 2.11. The second-order valence-electron chi connectivity index (χ2n) is 4.80. The molecule has 102 valence electrons. The summed E-state index contributed by atoms with van der Waals surface area (Å²) < 4.78 is 0. The lowest BCUT2D eigenvalue weighted by Gasteiger charge is -2.16. The first kappa shape index (κ1) is 13.3. The Labute approximate surface area is 123 Å². The molecule has 0 aliphatic carbocycles. The van der Waals surface area contributed by atoms with Crippen molar-refractivity contribution < 1.29 is 0 Å². The van der Waals surface area contributed by atoms with E-state index in [-0.39, 0.29) is 6.04 Å². The van der Waals surface area contributed by atoms with E-state index in [4.69, 9.17) is 0 Å². The Morgan fingerprint density at radius 1 is 1.15 bits per heavy atom. The van der Waals surface area contributed by atoms with Crippen LogP contribution >= 0.6 is 11.3 Å². The molecule has 3 rings (SSSR count). The highest BCUT2D eigenvalue weighted by atomic mass is 32.1. The highest BCUT2D eigenvalue weighted by Gasteiger charge is 2.17. The van der Waals surface area contributed by atoms with Gasteiger partial charge in [0, 0.05) is 26.9 Å². The quantitative estimate of drug-likeness (QED) is 0.777. The van der Waals surface area contributed by atoms with Crippen LogP contribution in [0.2, 0.25) is 0 Å². The average Bonchev–Trinajstić information content (AvgIpc) is 2.97. The second kappa shape index (κ2) is 5.73. The zero-order valence-corrected chi connectivity index (χ0v) is 12.6. The van der Waals surface area contributed by atoms with E-state index in [1.54, 1.807) is 0 Å². The number of hydrogen-bond acceptors (Lipinski definition) is 3. The van der Waals surface area contributed by atoms with Crippen molar-refractivity contribution in [2.75, 3.05) is 7.05 Å². The lowest BCUT2D eigenvalue weighted by atomic mass is 10.0. The Morgan fingerprint density at radius 3 is 2.75 bits per heavy atom. The molecule has 0 aliphatic heterocycles. The largest absolute Gasteiger partial charge is 0.309 e. The molecular formula is C17H18N2S. The number of hydrogen-bond donors (Lipinski definition) is 1. The molecule has 0 bridgehead atoms. The first-order valence-electron chi connectivity index (χ1n) is 6.93. The predicted octanol–water partition coefficient (Wildman–Crippen LogP) is 4.17. The van der Waals surface area contributed by atoms with E-state index >= 15 is 0 Å². The number of rotatable bonds is 4. The van der Waals surface area contributed by atoms with E-state index in [1.165, 1.54) is 20.7 Å². The van der Waals surface area contributed by atoms with Gasteiger partial charge in [-0.15, -0.1) is 11.3 Å². The summed E-state index contributed by atoms with van der Waals surface area (Å²) in [5.74, 6) is 0. The smallest absolute Gasteiger partial charge is 0.0753 e. The van der Waals surface area contributed by atoms with Gasteiger partial charge in [-0.25, -0.2) is 0 Å². The molecule has 0 saturated carbocycles. The number of pyridine rings is 1. The molecule has 2 heterocycles. The molecule has 0 radical (unpaired) electrons. The summed E-state index contributed by atoms with van der Waals surface area (Å²) in [5, 5.41) is 4.63. The lowest BCUT2D eigenvalue weighted by molar-refractivity contribution is 0.707. The van der Waals surface area contributed by atoms with Crippen LogP contribution in [0.3, 0.4) is 0 Å². The number of nitrogens with one attached hydrogen (secondary N) is 1. The topological polar surface area (TPSA) is 24.9 Å². The van der Waals surface area contributed by atoms with Gasteiger partial charge in [-0.05, 0) is 31.7 Å². The summed E-state index contributed by atoms with van der Waals surface area (Å²) in [4.78, 5) is 7.34. The third-order valence-electron chi connectivity index (χ3n) is 3.58. The van der Waals surface area contributed by atoms with Crippen molar-refractivity contribution in [3.8, 4) is 0 Å². The van der Waals surface area contributed by atoms with Crippen LogP contribution < -0.4 is 5.32 Å². The summed E-state index contributed by atoms with van der Waals surface area (Å²) in [6, 6.07) is 15.2. The molecule has 2 aromatic heterocycles. The number of aryl methyl sites for hydroxylation is 1. The zero-order chi connectivity index (χ0) is 13.9. The third kappa shape index (κ3) is 2.35. The van der Waals surface area contributed by atoms with E-state index in [2.05, 4.69) is 53.6 Å². The zero-order valence-electron chi connectivity index (χ0n) is 11.8. The molecule has 0 fully saturated rings. The van der Waals surface area contributed by atoms with Gasteiger partial charge in [-0.2, -0.15) is 0 Å². The molecule has 0 aliphatic rings. The SMILES string of the molecule is CCc1ccc(C(NC)c2cccc3cccnc23)s1. The van der Waals surface area contributed by atoms with Crippen LogP contribution in [-0.2, 0) is 6.42 Å². The molecule has 3 heteroatoms. The van der Waals surface area contributed by atoms with Crippen molar-refractivity contribution in [2.24, 2.45) is 0 Å². The summed E-state index contributed by atoms with van der Waals surface area (Å²) in [5.41, 5.74) is 2.33. The average molecular weight is 282 g/mol. The van der Waals surface area contributed by atoms with Crippen LogP contribution in [0.5, 0.6) is 0 Å². The molecule has 2 nitrogen and oxygen atoms in total. The molecule has 1 aromatic carbocycles. The van der Waals surface area contributed by atoms with E-state index in [1.807, 2.05) is 30.6 Å². The predicted molar refractivity (Wildman–Crippen MR) is 86.3 cm³/mol. The normalized spacial score (nSPS) is 12.7. The van der Waals surface area contributed by atoms with Gasteiger partial charge in [0.25, 0.3) is 0 Å². The van der Waals surface area contributed by atoms with Gasteiger partial charge < -0.3 is 5.32 Å². The summed E-state index contributed by atoms with van der Waals surface area (Å²) >= 11 is 1.88. The number of para-hydroxylation sites is 1. The summed E-state index contributed by atoms with van der Waals surface area (Å²) in [6.45, 7) is 2.20. The standard InChI is InChI=1S/C17H18N2S/c1-3-13-9-10-15(20-13)17(18-2)14-8-4-6-12-7-5-11-19-16(12)14/h4-11,17-18H,3H2,1-2H3. The Morgan fingerprint density at radius 2 is 2.00 bits per heavy atom. The summed E-state index contributed by atoms with van der Waals surface area (Å²) in [6.07, 6.45) is 2.96. The van der Waals surface area contributed by atoms with Crippen molar-refractivity contribution in [1.82, 2.24) is 10.3 Å². The minimum Gasteiger partial charge on any atom is -0.309 e. The summed E-state index contributed by atoms with van der Waals surface area (Å²) in [7, 11) is 2.01. The molecule has 1 N–H and O–H groups in total. The maximum absolute atomic E-state index is 4.57. The maximum Gasteiger partial charge on any atom is 0.0753 e. The second-order valence-corrected chi connectivity index (χ2v) is 6.00. The van der Waals surface area contributed by atoms with Crippen molar-refractivity contribution >= 4 is 22.2 Å². The fraction of sp³-hybridized carbons (Fsp3) is 0.235. The van der Waals surface area contributed by atoms with E-state index < -0.39 is 0 Å². The molecule has 1 atom stereocenters. The molecule has 1 unspecified atom stereocenters. The molecule has 0 amide bonds. The van der Waals surface area contributed by atoms with Crippen LogP contribution in [-0.4, -0.2) is 12.0 Å². The molecule has 3 aromatic rings. The maximum atomic E-state index is 4.57. The van der Waals surface area contributed by atoms with Crippen LogP contribution in [0.25, 0.3) is 10.9 Å². The number of aromatic nitrogens is 1. The number of fused-ring (bicyclic) bond motifs is 1. The van der Waals surface area contributed by atoms with Crippen LogP contribution in [0.1, 0.15) is 28.3 Å². The van der Waals surface area contributed by atoms with Gasteiger partial charge in [0.15, 0.2) is 0 Å². The molecule has 0 saturated heterocycles. The van der Waals surface area contributed by atoms with Gasteiger partial charge in [0.1, 0.15) is 0 Å². The van der Waals surface area contributed by atoms with Gasteiger partial charge in [-0.1, -0.05) is 31.2 Å². The molecular weight excluding hydrogens is 264 g/mol. The third-order valence-corrected chi connectivity index (χ3v) is 4.87. The number of thiophene rings is 1. The van der Waals surface area contributed by atoms with Gasteiger partial charge >= 0.3 is 0 Å². The van der Waals surface area contributed by atoms with E-state index in [0.717, 1.165) is 11.9 Å². The van der Waals surface area contributed by atoms with Crippen molar-refractivity contribution in [2.45, 2.75) is 19.4 Å². The first-order chi connectivity index (χ1) is 9.83. The van der Waals surface area contributed by atoms with Gasteiger partial charge in [0.05, 0.1) is 11.6 Å². The van der Waals surface area contributed by atoms with Gasteiger partial charge in [-0.3, -0.25) is 4.98 Å². The van der Waals surface area contributed by atoms with E-state index in [0.29, 0.717) is 0 Å². The van der Waals surface area contributed by atoms with Crippen LogP contribution in [0.4, 0.5) is 0 Å². The number of benzene rings is 1. The van der Waals surface area contributed by atoms with Gasteiger partial charge in [0.2, 0.25) is 0 Å². The molecule has 0 spiro atoms. The number of nitrogens with zero attached hydrogens (tertiary/aromatic N) is 1. The monoisotopic (exact) mass is 282 g/mol. The fourth-order valence-electron chi connectivity index (χ4n) is 2.55. The fourth-order valence-corrected chi connectivity index (χ4v) is 3.63. The van der Waals surface area contributed by atoms with Crippen molar-refractivity contribution in [3.05, 3.63) is 64.0 Å². The van der Waals surface area contributed by atoms with Crippen LogP contribution in [0, 0.1) is 0 Å².